The summed E-state index contributed by atoms with van der Waals surface area (Å²) in [5, 5.41) is 5.48. The molecular weight excluding hydrogens is 508 g/mol. The molecule has 0 aliphatic rings. The smallest absolute Gasteiger partial charge is 0.408 e. The predicted octanol–water partition coefficient (Wildman–Crippen LogP) is 4.53. The lowest BCUT2D eigenvalue weighted by atomic mass is 10.00. The highest BCUT2D eigenvalue weighted by atomic mass is 16.6. The molecule has 0 saturated heterocycles. The van der Waals surface area contributed by atoms with E-state index in [9.17, 15) is 19.2 Å². The van der Waals surface area contributed by atoms with Gasteiger partial charge in [0.05, 0.1) is 6.42 Å². The van der Waals surface area contributed by atoms with Crippen LogP contribution >= 0.6 is 0 Å². The molecule has 9 heteroatoms. The maximum atomic E-state index is 14.1. The molecule has 0 aromatic heterocycles. The number of nitrogens with two attached hydrogens (primary N) is 1. The average Bonchev–Trinajstić information content (AvgIpc) is 2.88. The van der Waals surface area contributed by atoms with Crippen molar-refractivity contribution >= 4 is 23.8 Å². The number of nitrogens with zero attached hydrogens (tertiary/aromatic N) is 1. The molecule has 0 fully saturated rings. The number of aryl methyl sites for hydroxylation is 1. The van der Waals surface area contributed by atoms with Gasteiger partial charge in [-0.2, -0.15) is 0 Å². The van der Waals surface area contributed by atoms with Crippen LogP contribution in [0.1, 0.15) is 82.5 Å². The van der Waals surface area contributed by atoms with Crippen LogP contribution in [-0.4, -0.2) is 46.9 Å². The van der Waals surface area contributed by atoms with Crippen LogP contribution < -0.4 is 16.4 Å². The lowest BCUT2D eigenvalue weighted by molar-refractivity contribution is -0.143. The Morgan fingerprint density at radius 3 is 2.17 bits per heavy atom. The number of carbonyl (C=O) groups excluding carboxylic acids is 4. The van der Waals surface area contributed by atoms with Gasteiger partial charge in [-0.05, 0) is 45.2 Å². The van der Waals surface area contributed by atoms with Crippen LogP contribution in [0.2, 0.25) is 0 Å². The van der Waals surface area contributed by atoms with Crippen molar-refractivity contribution in [1.82, 2.24) is 15.5 Å². The van der Waals surface area contributed by atoms with E-state index in [4.69, 9.17) is 10.5 Å². The Hall–Kier alpha value is -3.88. The summed E-state index contributed by atoms with van der Waals surface area (Å²) < 4.78 is 5.33. The lowest BCUT2D eigenvalue weighted by Gasteiger charge is -2.34. The first-order chi connectivity index (χ1) is 18.9. The SMILES string of the molecule is CCCCCCN(C(=O)C(CC(N)=O)NC(=O)OC(C)(C)C)C(C(=O)NCc1ccccc1)c1ccc(C)cc1. The van der Waals surface area contributed by atoms with Crippen LogP contribution in [-0.2, 0) is 25.7 Å². The quantitative estimate of drug-likeness (QED) is 0.296. The highest BCUT2D eigenvalue weighted by Crippen LogP contribution is 2.25. The van der Waals surface area contributed by atoms with Gasteiger partial charge in [-0.3, -0.25) is 14.4 Å². The van der Waals surface area contributed by atoms with Gasteiger partial charge in [0, 0.05) is 13.1 Å². The molecule has 0 aliphatic heterocycles. The third-order valence-electron chi connectivity index (χ3n) is 6.19. The van der Waals surface area contributed by atoms with E-state index < -0.39 is 42.0 Å². The van der Waals surface area contributed by atoms with Crippen LogP contribution in [0.4, 0.5) is 4.79 Å². The summed E-state index contributed by atoms with van der Waals surface area (Å²) in [7, 11) is 0. The van der Waals surface area contributed by atoms with E-state index in [-0.39, 0.29) is 19.0 Å². The minimum Gasteiger partial charge on any atom is -0.444 e. The van der Waals surface area contributed by atoms with Crippen LogP contribution in [0, 0.1) is 6.92 Å². The second-order valence-electron chi connectivity index (χ2n) is 11.0. The second kappa shape index (κ2) is 15.6. The Bertz CT molecular complexity index is 1110. The molecule has 40 heavy (non-hydrogen) atoms. The van der Waals surface area contributed by atoms with Gasteiger partial charge in [0.15, 0.2) is 0 Å². The topological polar surface area (TPSA) is 131 Å². The van der Waals surface area contributed by atoms with Gasteiger partial charge in [0.2, 0.25) is 17.7 Å². The number of hydrogen-bond acceptors (Lipinski definition) is 5. The van der Waals surface area contributed by atoms with E-state index >= 15 is 0 Å². The van der Waals surface area contributed by atoms with Gasteiger partial charge in [-0.25, -0.2) is 4.79 Å². The molecular formula is C31H44N4O5. The van der Waals surface area contributed by atoms with Crippen molar-refractivity contribution in [2.24, 2.45) is 5.73 Å². The van der Waals surface area contributed by atoms with Crippen molar-refractivity contribution < 1.29 is 23.9 Å². The normalized spacial score (nSPS) is 12.6. The zero-order valence-corrected chi connectivity index (χ0v) is 24.4. The van der Waals surface area contributed by atoms with Crippen molar-refractivity contribution in [3.8, 4) is 0 Å². The van der Waals surface area contributed by atoms with E-state index in [2.05, 4.69) is 17.6 Å². The molecule has 0 bridgehead atoms. The molecule has 0 aliphatic carbocycles. The van der Waals surface area contributed by atoms with Gasteiger partial charge >= 0.3 is 6.09 Å². The average molecular weight is 553 g/mol. The number of amides is 4. The number of nitrogens with one attached hydrogen (secondary N) is 2. The Morgan fingerprint density at radius 1 is 0.950 bits per heavy atom. The van der Waals surface area contributed by atoms with Crippen molar-refractivity contribution in [3.05, 3.63) is 71.3 Å². The van der Waals surface area contributed by atoms with Gasteiger partial charge in [0.25, 0.3) is 0 Å². The largest absolute Gasteiger partial charge is 0.444 e. The summed E-state index contributed by atoms with van der Waals surface area (Å²) in [5.41, 5.74) is 7.20. The molecule has 0 saturated carbocycles. The second-order valence-corrected chi connectivity index (χ2v) is 11.0. The molecule has 0 heterocycles. The van der Waals surface area contributed by atoms with Crippen LogP contribution in [0.15, 0.2) is 54.6 Å². The molecule has 0 spiro atoms. The number of carbonyl (C=O) groups is 4. The number of hydrogen-bond donors (Lipinski definition) is 3. The number of primary amides is 1. The number of unbranched alkanes of at least 4 members (excludes halogenated alkanes) is 3. The van der Waals surface area contributed by atoms with Crippen LogP contribution in [0.3, 0.4) is 0 Å². The molecule has 218 valence electrons. The van der Waals surface area contributed by atoms with Crippen LogP contribution in [0.5, 0.6) is 0 Å². The standard InChI is InChI=1S/C31H44N4O5/c1-6-7-8-12-19-35(29(38)25(20-26(32)36)34-30(39)40-31(3,4)5)27(24-17-15-22(2)16-18-24)28(37)33-21-23-13-10-9-11-14-23/h9-11,13-18,25,27H,6-8,12,19-21H2,1-5H3,(H2,32,36)(H,33,37)(H,34,39). The molecule has 0 radical (unpaired) electrons. The van der Waals surface area contributed by atoms with E-state index in [0.717, 1.165) is 30.4 Å². The Balaban J connectivity index is 2.46. The zero-order chi connectivity index (χ0) is 29.7. The third-order valence-corrected chi connectivity index (χ3v) is 6.19. The van der Waals surface area contributed by atoms with E-state index in [1.807, 2.05) is 61.5 Å². The fourth-order valence-electron chi connectivity index (χ4n) is 4.23. The number of alkyl carbamates (subject to hydrolysis) is 1. The number of benzene rings is 2. The Morgan fingerprint density at radius 2 is 1.60 bits per heavy atom. The first kappa shape index (κ1) is 32.3. The number of rotatable bonds is 14. The molecule has 2 rings (SSSR count). The summed E-state index contributed by atoms with van der Waals surface area (Å²) >= 11 is 0. The predicted molar refractivity (Wildman–Crippen MR) is 155 cm³/mol. The van der Waals surface area contributed by atoms with Gasteiger partial charge in [-0.15, -0.1) is 0 Å². The molecule has 2 aromatic rings. The molecule has 4 N–H and O–H groups in total. The maximum Gasteiger partial charge on any atom is 0.408 e. The lowest BCUT2D eigenvalue weighted by Crippen LogP contribution is -2.54. The highest BCUT2D eigenvalue weighted by molar-refractivity contribution is 5.94. The van der Waals surface area contributed by atoms with E-state index in [0.29, 0.717) is 12.0 Å². The molecule has 2 aromatic carbocycles. The molecule has 9 nitrogen and oxygen atoms in total. The monoisotopic (exact) mass is 552 g/mol. The fourth-order valence-corrected chi connectivity index (χ4v) is 4.23. The third kappa shape index (κ3) is 11.1. The summed E-state index contributed by atoms with van der Waals surface area (Å²) in [6.07, 6.45) is 2.18. The maximum absolute atomic E-state index is 14.1. The first-order valence-corrected chi connectivity index (χ1v) is 13.9. The summed E-state index contributed by atoms with van der Waals surface area (Å²) in [4.78, 5) is 53.9. The van der Waals surface area contributed by atoms with Gasteiger partial charge in [-0.1, -0.05) is 86.3 Å². The summed E-state index contributed by atoms with van der Waals surface area (Å²) in [6.45, 7) is 9.65. The number of ether oxygens (including phenoxy) is 1. The Labute approximate surface area is 237 Å². The van der Waals surface area contributed by atoms with Crippen molar-refractivity contribution in [3.63, 3.8) is 0 Å². The highest BCUT2D eigenvalue weighted by Gasteiger charge is 2.36. The molecule has 2 atom stereocenters. The minimum atomic E-state index is -1.30. The van der Waals surface area contributed by atoms with E-state index in [1.54, 1.807) is 20.8 Å². The molecule has 2 unspecified atom stereocenters. The van der Waals surface area contributed by atoms with Crippen molar-refractivity contribution in [2.75, 3.05) is 6.54 Å². The summed E-state index contributed by atoms with van der Waals surface area (Å²) in [5.74, 6) is -1.71. The van der Waals surface area contributed by atoms with Crippen molar-refractivity contribution in [2.45, 2.75) is 91.0 Å². The minimum absolute atomic E-state index is 0.251. The van der Waals surface area contributed by atoms with Gasteiger partial charge < -0.3 is 26.0 Å². The van der Waals surface area contributed by atoms with E-state index in [1.165, 1.54) is 4.90 Å². The Kier molecular flexibility index (Phi) is 12.6. The fraction of sp³-hybridized carbons (Fsp3) is 0.484. The summed E-state index contributed by atoms with van der Waals surface area (Å²) in [6, 6.07) is 14.6. The van der Waals surface area contributed by atoms with Crippen LogP contribution in [0.25, 0.3) is 0 Å². The molecule has 4 amide bonds. The zero-order valence-electron chi connectivity index (χ0n) is 24.4. The first-order valence-electron chi connectivity index (χ1n) is 13.9. The van der Waals surface area contributed by atoms with Gasteiger partial charge in [0.1, 0.15) is 17.7 Å². The van der Waals surface area contributed by atoms with Crippen molar-refractivity contribution in [1.29, 1.82) is 0 Å².